The molecule has 0 spiro atoms. The molecule has 2 aromatic heterocycles. The van der Waals surface area contributed by atoms with Crippen molar-refractivity contribution in [3.63, 3.8) is 0 Å². The summed E-state index contributed by atoms with van der Waals surface area (Å²) in [6.07, 6.45) is -0.276. The summed E-state index contributed by atoms with van der Waals surface area (Å²) >= 11 is 1.56. The molecule has 1 aliphatic heterocycles. The molecule has 11 heteroatoms. The Morgan fingerprint density at radius 2 is 1.53 bits per heavy atom. The molecule has 0 unspecified atom stereocenters. The van der Waals surface area contributed by atoms with E-state index in [9.17, 15) is 19.5 Å². The molecule has 0 atom stereocenters. The number of nitrogens with zero attached hydrogens (tertiary/aromatic N) is 5. The minimum atomic E-state index is -1.09. The molecule has 0 saturated carbocycles. The lowest BCUT2D eigenvalue weighted by atomic mass is 10.0. The van der Waals surface area contributed by atoms with Crippen LogP contribution < -0.4 is 10.2 Å². The van der Waals surface area contributed by atoms with Crippen LogP contribution in [0.25, 0.3) is 21.3 Å². The number of rotatable bonds is 10. The number of piperazine rings is 1. The molecule has 5 aromatic rings. The standard InChI is InChI=1S/C36H36N6O4S/c1-2-29-23-30-32(40-19-21-41(22-20-40)34(44)28-15-13-27(14-16-28)26-11-7-4-8-12-26)38-35(39-33(30)47-29)37-31(43)17-18-42(36(45)46)24-25-9-5-3-6-10-25/h3-16,23H,2,17-22,24H2,1H3,(H,45,46)(H,37,38,39,43). The van der Waals surface area contributed by atoms with Crippen LogP contribution in [-0.2, 0) is 17.8 Å². The fraction of sp³-hybridized carbons (Fsp3) is 0.250. The largest absolute Gasteiger partial charge is 0.465 e. The zero-order valence-corrected chi connectivity index (χ0v) is 26.9. The Hall–Kier alpha value is -5.29. The first-order valence-electron chi connectivity index (χ1n) is 15.7. The van der Waals surface area contributed by atoms with Crippen LogP contribution in [0.4, 0.5) is 16.6 Å². The van der Waals surface area contributed by atoms with E-state index in [0.717, 1.165) is 44.0 Å². The zero-order valence-electron chi connectivity index (χ0n) is 26.1. The summed E-state index contributed by atoms with van der Waals surface area (Å²) in [5.74, 6) is 0.535. The van der Waals surface area contributed by atoms with E-state index in [4.69, 9.17) is 4.98 Å². The summed E-state index contributed by atoms with van der Waals surface area (Å²) in [7, 11) is 0. The van der Waals surface area contributed by atoms with E-state index >= 15 is 0 Å². The molecule has 6 rings (SSSR count). The molecule has 240 valence electrons. The van der Waals surface area contributed by atoms with Gasteiger partial charge in [0.05, 0.1) is 5.39 Å². The van der Waals surface area contributed by atoms with Gasteiger partial charge in [-0.25, -0.2) is 9.78 Å². The summed E-state index contributed by atoms with van der Waals surface area (Å²) < 4.78 is 0. The van der Waals surface area contributed by atoms with E-state index in [0.29, 0.717) is 31.7 Å². The average Bonchev–Trinajstić information content (AvgIpc) is 3.54. The molecule has 3 heterocycles. The van der Waals surface area contributed by atoms with Crippen LogP contribution >= 0.6 is 11.3 Å². The number of carboxylic acid groups (broad SMARTS) is 1. The fourth-order valence-electron chi connectivity index (χ4n) is 5.64. The highest BCUT2D eigenvalue weighted by atomic mass is 32.1. The molecule has 0 bridgehead atoms. The lowest BCUT2D eigenvalue weighted by Gasteiger charge is -2.35. The second-order valence-corrected chi connectivity index (χ2v) is 12.5. The van der Waals surface area contributed by atoms with Gasteiger partial charge >= 0.3 is 6.09 Å². The third kappa shape index (κ3) is 7.58. The number of amides is 3. The van der Waals surface area contributed by atoms with Crippen LogP contribution in [0.1, 0.15) is 34.1 Å². The lowest BCUT2D eigenvalue weighted by Crippen LogP contribution is -2.49. The molecule has 47 heavy (non-hydrogen) atoms. The first kappa shape index (κ1) is 31.7. The molecule has 3 amide bonds. The van der Waals surface area contributed by atoms with Gasteiger partial charge in [-0.05, 0) is 41.3 Å². The lowest BCUT2D eigenvalue weighted by molar-refractivity contribution is -0.116. The number of hydrogen-bond donors (Lipinski definition) is 2. The number of anilines is 2. The van der Waals surface area contributed by atoms with Gasteiger partial charge in [0.2, 0.25) is 11.9 Å². The second kappa shape index (κ2) is 14.4. The number of benzene rings is 3. The van der Waals surface area contributed by atoms with Gasteiger partial charge < -0.3 is 19.8 Å². The second-order valence-electron chi connectivity index (χ2n) is 11.4. The summed E-state index contributed by atoms with van der Waals surface area (Å²) in [5.41, 5.74) is 3.68. The van der Waals surface area contributed by atoms with Gasteiger partial charge in [0.1, 0.15) is 10.6 Å². The average molecular weight is 649 g/mol. The van der Waals surface area contributed by atoms with Gasteiger partial charge in [-0.2, -0.15) is 4.98 Å². The van der Waals surface area contributed by atoms with E-state index < -0.39 is 6.09 Å². The zero-order chi connectivity index (χ0) is 32.8. The Bertz CT molecular complexity index is 1860. The van der Waals surface area contributed by atoms with Gasteiger partial charge in [-0.3, -0.25) is 14.9 Å². The van der Waals surface area contributed by atoms with Crippen molar-refractivity contribution in [2.45, 2.75) is 26.3 Å². The third-order valence-corrected chi connectivity index (χ3v) is 9.40. The Morgan fingerprint density at radius 3 is 2.19 bits per heavy atom. The summed E-state index contributed by atoms with van der Waals surface area (Å²) in [4.78, 5) is 54.7. The normalized spacial score (nSPS) is 13.0. The van der Waals surface area contributed by atoms with Crippen LogP contribution in [0.2, 0.25) is 0 Å². The Labute approximate surface area is 277 Å². The molecule has 2 N–H and O–H groups in total. The number of aryl methyl sites for hydroxylation is 1. The molecule has 10 nitrogen and oxygen atoms in total. The van der Waals surface area contributed by atoms with Crippen LogP contribution in [0.15, 0.2) is 91.0 Å². The summed E-state index contributed by atoms with van der Waals surface area (Å²) in [5, 5.41) is 13.4. The highest BCUT2D eigenvalue weighted by Crippen LogP contribution is 2.33. The highest BCUT2D eigenvalue weighted by molar-refractivity contribution is 7.18. The molecule has 3 aromatic carbocycles. The number of nitrogens with one attached hydrogen (secondary N) is 1. The van der Waals surface area contributed by atoms with Crippen molar-refractivity contribution in [1.29, 1.82) is 0 Å². The van der Waals surface area contributed by atoms with Crippen molar-refractivity contribution >= 4 is 51.2 Å². The highest BCUT2D eigenvalue weighted by Gasteiger charge is 2.26. The van der Waals surface area contributed by atoms with Crippen LogP contribution in [0.3, 0.4) is 0 Å². The topological polar surface area (TPSA) is 119 Å². The maximum absolute atomic E-state index is 13.4. The van der Waals surface area contributed by atoms with Gasteiger partial charge in [0.25, 0.3) is 5.91 Å². The van der Waals surface area contributed by atoms with Crippen molar-refractivity contribution in [2.75, 3.05) is 42.9 Å². The number of carbonyl (C=O) groups is 3. The van der Waals surface area contributed by atoms with Gasteiger partial charge in [0.15, 0.2) is 0 Å². The van der Waals surface area contributed by atoms with Gasteiger partial charge in [-0.15, -0.1) is 11.3 Å². The van der Waals surface area contributed by atoms with Crippen LogP contribution in [0.5, 0.6) is 0 Å². The predicted octanol–water partition coefficient (Wildman–Crippen LogP) is 6.39. The molecule has 0 radical (unpaired) electrons. The molecule has 1 fully saturated rings. The first-order valence-corrected chi connectivity index (χ1v) is 16.5. The van der Waals surface area contributed by atoms with E-state index in [1.807, 2.05) is 89.8 Å². The van der Waals surface area contributed by atoms with Crippen molar-refractivity contribution < 1.29 is 19.5 Å². The maximum Gasteiger partial charge on any atom is 0.407 e. The molecule has 1 aliphatic rings. The van der Waals surface area contributed by atoms with Crippen molar-refractivity contribution in [3.8, 4) is 11.1 Å². The third-order valence-electron chi connectivity index (χ3n) is 8.22. The van der Waals surface area contributed by atoms with Crippen LogP contribution in [0, 0.1) is 0 Å². The van der Waals surface area contributed by atoms with E-state index in [-0.39, 0.29) is 37.3 Å². The van der Waals surface area contributed by atoms with Crippen LogP contribution in [-0.4, -0.2) is 75.5 Å². The van der Waals surface area contributed by atoms with Crippen molar-refractivity contribution in [3.05, 3.63) is 107 Å². The van der Waals surface area contributed by atoms with Gasteiger partial charge in [-0.1, -0.05) is 79.7 Å². The SMILES string of the molecule is CCc1cc2c(N3CCN(C(=O)c4ccc(-c5ccccc5)cc4)CC3)nc(NC(=O)CCN(Cc3ccccc3)C(=O)O)nc2s1. The quantitative estimate of drug-likeness (QED) is 0.180. The number of fused-ring (bicyclic) bond motifs is 1. The predicted molar refractivity (Wildman–Crippen MR) is 185 cm³/mol. The van der Waals surface area contributed by atoms with Gasteiger partial charge in [0, 0.05) is 56.1 Å². The van der Waals surface area contributed by atoms with E-state index in [2.05, 4.69) is 28.2 Å². The maximum atomic E-state index is 13.4. The number of hydrogen-bond acceptors (Lipinski definition) is 7. The monoisotopic (exact) mass is 648 g/mol. The van der Waals surface area contributed by atoms with Crippen molar-refractivity contribution in [2.24, 2.45) is 0 Å². The molecular formula is C36H36N6O4S. The minimum Gasteiger partial charge on any atom is -0.465 e. The number of carbonyl (C=O) groups excluding carboxylic acids is 2. The fourth-order valence-corrected chi connectivity index (χ4v) is 6.60. The summed E-state index contributed by atoms with van der Waals surface area (Å²) in [6.45, 7) is 4.54. The first-order chi connectivity index (χ1) is 22.9. The Balaban J connectivity index is 1.12. The van der Waals surface area contributed by atoms with Crippen molar-refractivity contribution in [1.82, 2.24) is 19.8 Å². The number of aromatic nitrogens is 2. The van der Waals surface area contributed by atoms with E-state index in [1.54, 1.807) is 11.3 Å². The molecule has 0 aliphatic carbocycles. The molecular weight excluding hydrogens is 613 g/mol. The van der Waals surface area contributed by atoms with E-state index in [1.165, 1.54) is 4.90 Å². The summed E-state index contributed by atoms with van der Waals surface area (Å²) in [6, 6.07) is 29.2. The molecule has 1 saturated heterocycles. The minimum absolute atomic E-state index is 0.00322. The smallest absolute Gasteiger partial charge is 0.407 e. The Morgan fingerprint density at radius 1 is 0.872 bits per heavy atom. The number of thiophene rings is 1. The Kier molecular flexibility index (Phi) is 9.72.